The van der Waals surface area contributed by atoms with Crippen LogP contribution in [0.1, 0.15) is 11.1 Å². The molecule has 2 aromatic rings. The fourth-order valence-corrected chi connectivity index (χ4v) is 3.00. The topological polar surface area (TPSA) is 4.93 Å². The van der Waals surface area contributed by atoms with Crippen molar-refractivity contribution in [1.29, 1.82) is 0 Å². The summed E-state index contributed by atoms with van der Waals surface area (Å²) in [6.45, 7) is 4.31. The number of nitrogens with zero attached hydrogens (tertiary/aromatic N) is 1. The number of aryl methyl sites for hydroxylation is 2. The predicted octanol–water partition coefficient (Wildman–Crippen LogP) is 4.10. The largest absolute Gasteiger partial charge is 0.282 e. The van der Waals surface area contributed by atoms with Crippen molar-refractivity contribution in [3.8, 4) is 0 Å². The number of fused-ring (bicyclic) bond motifs is 1. The van der Waals surface area contributed by atoms with Gasteiger partial charge in [0.2, 0.25) is 0 Å². The highest BCUT2D eigenvalue weighted by Gasteiger charge is 2.05. The van der Waals surface area contributed by atoms with E-state index in [4.69, 9.17) is 0 Å². The Balaban J connectivity index is 2.87. The van der Waals surface area contributed by atoms with E-state index in [0.29, 0.717) is 0 Å². The van der Waals surface area contributed by atoms with Crippen LogP contribution in [0.3, 0.4) is 0 Å². The number of rotatable bonds is 1. The molecule has 0 spiro atoms. The van der Waals surface area contributed by atoms with E-state index >= 15 is 0 Å². The zero-order chi connectivity index (χ0) is 9.42. The molecule has 13 heavy (non-hydrogen) atoms. The molecule has 2 rings (SSSR count). The number of hydrogen-bond acceptors (Lipinski definition) is 1. The lowest BCUT2D eigenvalue weighted by Gasteiger charge is -2.03. The van der Waals surface area contributed by atoms with Gasteiger partial charge in [-0.2, -0.15) is 0 Å². The predicted molar refractivity (Wildman–Crippen MR) is 68.4 cm³/mol. The molecule has 68 valence electrons. The summed E-state index contributed by atoms with van der Waals surface area (Å²) in [6, 6.07) is 6.55. The quantitative estimate of drug-likeness (QED) is 0.718. The van der Waals surface area contributed by atoms with Crippen LogP contribution in [-0.4, -0.2) is 3.97 Å². The van der Waals surface area contributed by atoms with Crippen molar-refractivity contribution in [3.63, 3.8) is 0 Å². The highest BCUT2D eigenvalue weighted by molar-refractivity contribution is 14.2. The van der Waals surface area contributed by atoms with Crippen LogP contribution < -0.4 is 0 Å². The van der Waals surface area contributed by atoms with Crippen LogP contribution >= 0.6 is 30.3 Å². The minimum atomic E-state index is 1.34. The van der Waals surface area contributed by atoms with E-state index in [1.807, 2.05) is 0 Å². The van der Waals surface area contributed by atoms with Crippen LogP contribution in [0.4, 0.5) is 0 Å². The van der Waals surface area contributed by atoms with Gasteiger partial charge in [0.1, 0.15) is 0 Å². The molecular formula is C10H10INS. The van der Waals surface area contributed by atoms with Crippen LogP contribution in [0.2, 0.25) is 0 Å². The zero-order valence-corrected chi connectivity index (χ0v) is 10.5. The summed E-state index contributed by atoms with van der Waals surface area (Å²) >= 11 is 2.31. The first-order valence-corrected chi connectivity index (χ1v) is 7.42. The first kappa shape index (κ1) is 9.40. The second-order valence-corrected chi connectivity index (χ2v) is 4.89. The van der Waals surface area contributed by atoms with Crippen LogP contribution in [0.5, 0.6) is 0 Å². The van der Waals surface area contributed by atoms with Crippen molar-refractivity contribution < 1.29 is 0 Å². The molecule has 0 unspecified atom stereocenters. The summed E-state index contributed by atoms with van der Waals surface area (Å²) < 4.78 is 2.21. The third-order valence-corrected chi connectivity index (χ3v) is 4.03. The molecule has 0 saturated heterocycles. The van der Waals surface area contributed by atoms with Gasteiger partial charge in [-0.05, 0) is 31.0 Å². The SMILES string of the molecule is Cc1ccc(C)c2c1ccn2SI. The Bertz CT molecular complexity index is 447. The van der Waals surface area contributed by atoms with Crippen molar-refractivity contribution in [1.82, 2.24) is 3.97 Å². The van der Waals surface area contributed by atoms with E-state index in [1.54, 1.807) is 9.12 Å². The molecule has 0 bridgehead atoms. The molecule has 0 atom stereocenters. The van der Waals surface area contributed by atoms with Gasteiger partial charge in [-0.25, -0.2) is 0 Å². The van der Waals surface area contributed by atoms with Crippen LogP contribution in [0.25, 0.3) is 10.9 Å². The standard InChI is InChI=1S/C10H10INS/c1-7-3-4-8(2)10-9(7)5-6-12(10)13-11/h3-6H,1-2H3. The monoisotopic (exact) mass is 303 g/mol. The highest BCUT2D eigenvalue weighted by Crippen LogP contribution is 2.28. The van der Waals surface area contributed by atoms with Gasteiger partial charge in [0.25, 0.3) is 0 Å². The first-order chi connectivity index (χ1) is 6.24. The van der Waals surface area contributed by atoms with E-state index in [9.17, 15) is 0 Å². The Morgan fingerprint density at radius 1 is 1.15 bits per heavy atom. The molecule has 1 nitrogen and oxygen atoms in total. The van der Waals surface area contributed by atoms with Crippen molar-refractivity contribution in [3.05, 3.63) is 35.5 Å². The summed E-state index contributed by atoms with van der Waals surface area (Å²) in [5, 5.41) is 1.36. The van der Waals surface area contributed by atoms with Crippen molar-refractivity contribution >= 4 is 41.2 Å². The molecular weight excluding hydrogens is 293 g/mol. The first-order valence-electron chi connectivity index (χ1n) is 4.10. The second kappa shape index (κ2) is 3.53. The van der Waals surface area contributed by atoms with Gasteiger partial charge in [0.15, 0.2) is 0 Å². The lowest BCUT2D eigenvalue weighted by molar-refractivity contribution is 1.33. The lowest BCUT2D eigenvalue weighted by atomic mass is 10.1. The molecule has 0 aliphatic carbocycles. The maximum Gasteiger partial charge on any atom is 0.0630 e. The second-order valence-electron chi connectivity index (χ2n) is 3.17. The third-order valence-electron chi connectivity index (χ3n) is 2.31. The van der Waals surface area contributed by atoms with Gasteiger partial charge in [-0.3, -0.25) is 3.97 Å². The molecule has 0 saturated carbocycles. The Morgan fingerprint density at radius 2 is 1.85 bits per heavy atom. The van der Waals surface area contributed by atoms with Crippen molar-refractivity contribution in [2.24, 2.45) is 0 Å². The van der Waals surface area contributed by atoms with Gasteiger partial charge in [-0.1, -0.05) is 12.1 Å². The molecule has 0 aliphatic heterocycles. The molecule has 1 heterocycles. The molecule has 0 N–H and O–H groups in total. The van der Waals surface area contributed by atoms with Crippen LogP contribution in [0.15, 0.2) is 24.4 Å². The molecule has 0 radical (unpaired) electrons. The third kappa shape index (κ3) is 1.48. The summed E-state index contributed by atoms with van der Waals surface area (Å²) in [6.07, 6.45) is 2.13. The maximum absolute atomic E-state index is 2.31. The minimum Gasteiger partial charge on any atom is -0.282 e. The van der Waals surface area contributed by atoms with Gasteiger partial charge >= 0.3 is 0 Å². The summed E-state index contributed by atoms with van der Waals surface area (Å²) in [5.41, 5.74) is 4.04. The lowest BCUT2D eigenvalue weighted by Crippen LogP contribution is -1.84. The van der Waals surface area contributed by atoms with Gasteiger partial charge in [0, 0.05) is 41.9 Å². The highest BCUT2D eigenvalue weighted by atomic mass is 127. The molecule has 3 heteroatoms. The number of hydrogen-bond donors (Lipinski definition) is 0. The average Bonchev–Trinajstić information content (AvgIpc) is 2.56. The Labute approximate surface area is 94.2 Å². The van der Waals surface area contributed by atoms with Gasteiger partial charge in [-0.15, -0.1) is 0 Å². The Kier molecular flexibility index (Phi) is 2.55. The van der Waals surface area contributed by atoms with Gasteiger partial charge in [0.05, 0.1) is 5.52 Å². The number of halogens is 1. The average molecular weight is 303 g/mol. The van der Waals surface area contributed by atoms with E-state index in [-0.39, 0.29) is 0 Å². The normalized spacial score (nSPS) is 11.0. The number of benzene rings is 1. The minimum absolute atomic E-state index is 1.34. The summed E-state index contributed by atoms with van der Waals surface area (Å²) in [4.78, 5) is 0. The fourth-order valence-electron chi connectivity index (χ4n) is 1.60. The van der Waals surface area contributed by atoms with Crippen LogP contribution in [0, 0.1) is 13.8 Å². The molecule has 0 aliphatic rings. The van der Waals surface area contributed by atoms with Crippen molar-refractivity contribution in [2.75, 3.05) is 0 Å². The van der Waals surface area contributed by atoms with Crippen molar-refractivity contribution in [2.45, 2.75) is 13.8 Å². The number of aromatic nitrogens is 1. The smallest absolute Gasteiger partial charge is 0.0630 e. The molecule has 1 aromatic carbocycles. The Morgan fingerprint density at radius 3 is 2.54 bits per heavy atom. The fraction of sp³-hybridized carbons (Fsp3) is 0.200. The van der Waals surface area contributed by atoms with Crippen LogP contribution in [-0.2, 0) is 0 Å². The van der Waals surface area contributed by atoms with Gasteiger partial charge < -0.3 is 0 Å². The van der Waals surface area contributed by atoms with E-state index in [2.05, 4.69) is 63.4 Å². The molecule has 0 fully saturated rings. The van der Waals surface area contributed by atoms with E-state index in [1.165, 1.54) is 22.0 Å². The van der Waals surface area contributed by atoms with E-state index in [0.717, 1.165) is 0 Å². The zero-order valence-electron chi connectivity index (χ0n) is 7.54. The molecule has 0 amide bonds. The summed E-state index contributed by atoms with van der Waals surface area (Å²) in [5.74, 6) is 0. The molecule has 1 aromatic heterocycles. The summed E-state index contributed by atoms with van der Waals surface area (Å²) in [7, 11) is 1.71. The maximum atomic E-state index is 2.31. The van der Waals surface area contributed by atoms with E-state index < -0.39 is 0 Å². The Hall–Kier alpha value is -0.160.